The summed E-state index contributed by atoms with van der Waals surface area (Å²) in [5.41, 5.74) is -1.48. The number of methoxy groups -OCH3 is 1. The number of hydrogen-bond donors (Lipinski definition) is 0. The van der Waals surface area contributed by atoms with E-state index < -0.39 is 29.4 Å². The highest BCUT2D eigenvalue weighted by Crippen LogP contribution is 2.26. The number of carbonyl (C=O) groups excluding carboxylic acids is 3. The van der Waals surface area contributed by atoms with E-state index in [1.54, 1.807) is 41.5 Å². The minimum atomic E-state index is -1.02. The number of esters is 1. The standard InChI is InChI=1S/C22H32N4O7/c1-9-10-11-31-16-12-15-14(17(27)30-8)13-23-26(15)18(24-16)25(19(28)32-21(2,3)4)20(29)33-22(5,6)7/h12-13H,9-11H2,1-8H3. The Morgan fingerprint density at radius 2 is 1.61 bits per heavy atom. The van der Waals surface area contributed by atoms with Gasteiger partial charge in [-0.1, -0.05) is 13.3 Å². The van der Waals surface area contributed by atoms with Crippen LogP contribution < -0.4 is 9.64 Å². The smallest absolute Gasteiger partial charge is 0.427 e. The number of imide groups is 1. The number of ether oxygens (including phenoxy) is 4. The third kappa shape index (κ3) is 6.80. The molecule has 0 aliphatic carbocycles. The molecular formula is C22H32N4O7. The summed E-state index contributed by atoms with van der Waals surface area (Å²) in [7, 11) is 1.24. The van der Waals surface area contributed by atoms with Gasteiger partial charge in [0, 0.05) is 6.07 Å². The molecule has 0 aliphatic rings. The number of amides is 2. The van der Waals surface area contributed by atoms with Crippen molar-refractivity contribution in [3.63, 3.8) is 0 Å². The van der Waals surface area contributed by atoms with Gasteiger partial charge in [0.25, 0.3) is 0 Å². The predicted molar refractivity (Wildman–Crippen MR) is 120 cm³/mol. The second-order valence-corrected chi connectivity index (χ2v) is 9.24. The van der Waals surface area contributed by atoms with Gasteiger partial charge >= 0.3 is 18.2 Å². The largest absolute Gasteiger partial charge is 0.478 e. The molecule has 182 valence electrons. The average Bonchev–Trinajstić information content (AvgIpc) is 3.09. The summed E-state index contributed by atoms with van der Waals surface area (Å²) in [5.74, 6) is -0.811. The lowest BCUT2D eigenvalue weighted by Gasteiger charge is -2.28. The molecule has 0 N–H and O–H groups in total. The van der Waals surface area contributed by atoms with Crippen molar-refractivity contribution in [2.75, 3.05) is 18.6 Å². The van der Waals surface area contributed by atoms with E-state index in [4.69, 9.17) is 18.9 Å². The van der Waals surface area contributed by atoms with Crippen LogP contribution in [0.25, 0.3) is 5.52 Å². The number of fused-ring (bicyclic) bond motifs is 1. The second-order valence-electron chi connectivity index (χ2n) is 9.24. The third-order valence-electron chi connectivity index (χ3n) is 3.97. The molecule has 2 rings (SSSR count). The van der Waals surface area contributed by atoms with E-state index in [2.05, 4.69) is 10.1 Å². The second kappa shape index (κ2) is 10.1. The Morgan fingerprint density at radius 1 is 1.03 bits per heavy atom. The number of rotatable bonds is 6. The molecule has 2 aromatic heterocycles. The summed E-state index contributed by atoms with van der Waals surface area (Å²) in [6.07, 6.45) is 0.854. The summed E-state index contributed by atoms with van der Waals surface area (Å²) in [6, 6.07) is 1.49. The van der Waals surface area contributed by atoms with E-state index in [9.17, 15) is 14.4 Å². The lowest BCUT2D eigenvalue weighted by molar-refractivity contribution is 0.0425. The quantitative estimate of drug-likeness (QED) is 0.348. The lowest BCUT2D eigenvalue weighted by atomic mass is 10.2. The molecule has 0 aliphatic heterocycles. The van der Waals surface area contributed by atoms with E-state index >= 15 is 0 Å². The molecule has 11 nitrogen and oxygen atoms in total. The first-order chi connectivity index (χ1) is 15.3. The number of nitrogens with zero attached hydrogens (tertiary/aromatic N) is 4. The molecule has 0 atom stereocenters. The van der Waals surface area contributed by atoms with E-state index in [0.29, 0.717) is 11.5 Å². The minimum Gasteiger partial charge on any atom is -0.478 e. The van der Waals surface area contributed by atoms with Crippen LogP contribution in [0.2, 0.25) is 0 Å². The van der Waals surface area contributed by atoms with Crippen LogP contribution in [0, 0.1) is 0 Å². The monoisotopic (exact) mass is 464 g/mol. The van der Waals surface area contributed by atoms with Crippen molar-refractivity contribution in [2.24, 2.45) is 0 Å². The van der Waals surface area contributed by atoms with Gasteiger partial charge in [0.1, 0.15) is 16.8 Å². The molecule has 0 fully saturated rings. The number of anilines is 1. The fraction of sp³-hybridized carbons (Fsp3) is 0.591. The van der Waals surface area contributed by atoms with Crippen LogP contribution in [0.1, 0.15) is 71.7 Å². The zero-order valence-corrected chi connectivity index (χ0v) is 20.4. The molecule has 2 aromatic rings. The highest BCUT2D eigenvalue weighted by atomic mass is 16.6. The van der Waals surface area contributed by atoms with Crippen molar-refractivity contribution in [3.05, 3.63) is 17.8 Å². The number of hydrogen-bond acceptors (Lipinski definition) is 9. The van der Waals surface area contributed by atoms with Crippen molar-refractivity contribution in [2.45, 2.75) is 72.5 Å². The minimum absolute atomic E-state index is 0.0914. The van der Waals surface area contributed by atoms with Crippen molar-refractivity contribution in [1.29, 1.82) is 0 Å². The highest BCUT2D eigenvalue weighted by molar-refractivity contribution is 6.08. The maximum atomic E-state index is 13.1. The fourth-order valence-corrected chi connectivity index (χ4v) is 2.61. The fourth-order valence-electron chi connectivity index (χ4n) is 2.61. The van der Waals surface area contributed by atoms with Gasteiger partial charge in [0.15, 0.2) is 0 Å². The van der Waals surface area contributed by atoms with E-state index in [-0.39, 0.29) is 22.9 Å². The summed E-state index contributed by atoms with van der Waals surface area (Å²) in [6.45, 7) is 12.3. The van der Waals surface area contributed by atoms with Crippen molar-refractivity contribution in [3.8, 4) is 5.88 Å². The molecule has 2 heterocycles. The van der Waals surface area contributed by atoms with Gasteiger partial charge in [-0.2, -0.15) is 14.6 Å². The molecule has 0 unspecified atom stereocenters. The molecule has 0 saturated carbocycles. The predicted octanol–water partition coefficient (Wildman–Crippen LogP) is 4.37. The number of aromatic nitrogens is 3. The van der Waals surface area contributed by atoms with Crippen LogP contribution in [0.3, 0.4) is 0 Å². The Balaban J connectivity index is 2.71. The van der Waals surface area contributed by atoms with Crippen LogP contribution in [0.5, 0.6) is 5.88 Å². The first-order valence-electron chi connectivity index (χ1n) is 10.6. The van der Waals surface area contributed by atoms with Crippen molar-refractivity contribution >= 4 is 29.6 Å². The van der Waals surface area contributed by atoms with E-state index in [1.807, 2.05) is 6.92 Å². The molecule has 0 bridgehead atoms. The average molecular weight is 465 g/mol. The van der Waals surface area contributed by atoms with E-state index in [1.165, 1.54) is 19.4 Å². The molecule has 11 heteroatoms. The topological polar surface area (TPSA) is 122 Å². The Kier molecular flexibility index (Phi) is 7.89. The Hall–Kier alpha value is -3.37. The third-order valence-corrected chi connectivity index (χ3v) is 3.97. The van der Waals surface area contributed by atoms with Gasteiger partial charge in [-0.15, -0.1) is 4.90 Å². The zero-order valence-electron chi connectivity index (χ0n) is 20.4. The van der Waals surface area contributed by atoms with Gasteiger partial charge in [-0.05, 0) is 48.0 Å². The normalized spacial score (nSPS) is 11.8. The Bertz CT molecular complexity index is 990. The molecule has 0 spiro atoms. The zero-order chi connectivity index (χ0) is 25.0. The highest BCUT2D eigenvalue weighted by Gasteiger charge is 2.36. The summed E-state index contributed by atoms with van der Waals surface area (Å²) < 4.78 is 22.5. The summed E-state index contributed by atoms with van der Waals surface area (Å²) in [4.78, 5) is 43.4. The van der Waals surface area contributed by atoms with Crippen molar-refractivity contribution < 1.29 is 33.3 Å². The van der Waals surface area contributed by atoms with Crippen LogP contribution in [-0.2, 0) is 14.2 Å². The van der Waals surface area contributed by atoms with Gasteiger partial charge in [0.05, 0.1) is 25.4 Å². The molecule has 0 aromatic carbocycles. The van der Waals surface area contributed by atoms with Crippen LogP contribution in [0.4, 0.5) is 15.5 Å². The van der Waals surface area contributed by atoms with Crippen LogP contribution in [0.15, 0.2) is 12.3 Å². The summed E-state index contributed by atoms with van der Waals surface area (Å²) >= 11 is 0. The van der Waals surface area contributed by atoms with Crippen LogP contribution in [-0.4, -0.2) is 57.7 Å². The van der Waals surface area contributed by atoms with Crippen molar-refractivity contribution in [1.82, 2.24) is 14.6 Å². The molecule has 33 heavy (non-hydrogen) atoms. The lowest BCUT2D eigenvalue weighted by Crippen LogP contribution is -2.45. The first kappa shape index (κ1) is 25.9. The number of unbranched alkanes of at least 4 members (excludes halogenated alkanes) is 1. The Labute approximate surface area is 192 Å². The summed E-state index contributed by atoms with van der Waals surface area (Å²) in [5, 5.41) is 4.14. The van der Waals surface area contributed by atoms with Gasteiger partial charge in [-0.25, -0.2) is 14.4 Å². The molecule has 2 amide bonds. The molecule has 0 saturated heterocycles. The van der Waals surface area contributed by atoms with E-state index in [0.717, 1.165) is 17.4 Å². The first-order valence-corrected chi connectivity index (χ1v) is 10.6. The SMILES string of the molecule is CCCCOc1cc2c(C(=O)OC)cnn2c(N(C(=O)OC(C)(C)C)C(=O)OC(C)(C)C)n1. The maximum Gasteiger partial charge on any atom is 0.427 e. The van der Waals surface area contributed by atoms with Gasteiger partial charge < -0.3 is 18.9 Å². The van der Waals surface area contributed by atoms with Crippen LogP contribution >= 0.6 is 0 Å². The Morgan fingerprint density at radius 3 is 2.09 bits per heavy atom. The molecule has 0 radical (unpaired) electrons. The maximum absolute atomic E-state index is 13.1. The van der Waals surface area contributed by atoms with Gasteiger partial charge in [-0.3, -0.25) is 0 Å². The molecular weight excluding hydrogens is 432 g/mol. The van der Waals surface area contributed by atoms with Gasteiger partial charge in [0.2, 0.25) is 11.8 Å². The number of carbonyl (C=O) groups is 3.